The molecule has 1 aromatic heterocycles. The summed E-state index contributed by atoms with van der Waals surface area (Å²) in [7, 11) is 1.63. The highest BCUT2D eigenvalue weighted by atomic mass is 32.1. The molecule has 0 unspecified atom stereocenters. The molecule has 7 nitrogen and oxygen atoms in total. The fourth-order valence-electron chi connectivity index (χ4n) is 3.01. The van der Waals surface area contributed by atoms with Gasteiger partial charge in [-0.15, -0.1) is 10.2 Å². The molecule has 1 atom stereocenters. The maximum absolute atomic E-state index is 12.5. The second-order valence-corrected chi connectivity index (χ2v) is 7.67. The van der Waals surface area contributed by atoms with E-state index < -0.39 is 0 Å². The summed E-state index contributed by atoms with van der Waals surface area (Å²) in [5.74, 6) is 0.391. The minimum absolute atomic E-state index is 0.0565. The van der Waals surface area contributed by atoms with E-state index in [0.717, 1.165) is 35.7 Å². The molecule has 0 radical (unpaired) electrons. The standard InChI is InChI=1S/C19H24N4O3S/c1-3-4-9-23-12-14(11-17(23)24)18(25)20-19-22-21-16(27-19)10-13-5-7-15(26-2)8-6-13/h5-8,14H,3-4,9-12H2,1-2H3,(H,20,22,25)/t14-/m1/s1. The Labute approximate surface area is 162 Å². The third kappa shape index (κ3) is 5.03. The fraction of sp³-hybridized carbons (Fsp3) is 0.474. The molecular formula is C19H24N4O3S. The topological polar surface area (TPSA) is 84.4 Å². The molecule has 0 aliphatic carbocycles. The number of carbonyl (C=O) groups excluding carboxylic acids is 2. The van der Waals surface area contributed by atoms with Gasteiger partial charge in [0.25, 0.3) is 0 Å². The van der Waals surface area contributed by atoms with E-state index in [0.29, 0.717) is 18.1 Å². The second-order valence-electron chi connectivity index (χ2n) is 6.61. The van der Waals surface area contributed by atoms with E-state index in [2.05, 4.69) is 22.4 Å². The molecule has 144 valence electrons. The van der Waals surface area contributed by atoms with Crippen LogP contribution in [0.15, 0.2) is 24.3 Å². The molecule has 1 saturated heterocycles. The first-order valence-corrected chi connectivity index (χ1v) is 9.94. The van der Waals surface area contributed by atoms with Crippen LogP contribution in [0.25, 0.3) is 0 Å². The second kappa shape index (κ2) is 8.94. The lowest BCUT2D eigenvalue weighted by molar-refractivity contribution is -0.128. The van der Waals surface area contributed by atoms with Gasteiger partial charge in [-0.3, -0.25) is 9.59 Å². The van der Waals surface area contributed by atoms with Crippen molar-refractivity contribution in [3.8, 4) is 5.75 Å². The van der Waals surface area contributed by atoms with Gasteiger partial charge in [0.2, 0.25) is 16.9 Å². The van der Waals surface area contributed by atoms with Crippen LogP contribution in [0.2, 0.25) is 0 Å². The highest BCUT2D eigenvalue weighted by Gasteiger charge is 2.34. The van der Waals surface area contributed by atoms with Crippen LogP contribution in [0, 0.1) is 5.92 Å². The molecule has 3 rings (SSSR count). The van der Waals surface area contributed by atoms with E-state index in [1.54, 1.807) is 12.0 Å². The molecule has 1 aliphatic heterocycles. The maximum Gasteiger partial charge on any atom is 0.231 e. The fourth-order valence-corrected chi connectivity index (χ4v) is 3.79. The van der Waals surface area contributed by atoms with Crippen molar-refractivity contribution in [3.63, 3.8) is 0 Å². The molecule has 0 bridgehead atoms. The lowest BCUT2D eigenvalue weighted by atomic mass is 10.1. The van der Waals surface area contributed by atoms with Crippen LogP contribution in [0.1, 0.15) is 36.8 Å². The van der Waals surface area contributed by atoms with Crippen LogP contribution in [-0.4, -0.2) is 47.1 Å². The monoisotopic (exact) mass is 388 g/mol. The number of aromatic nitrogens is 2. The maximum atomic E-state index is 12.5. The molecule has 1 aliphatic rings. The Morgan fingerprint density at radius 2 is 2.11 bits per heavy atom. The van der Waals surface area contributed by atoms with Crippen molar-refractivity contribution >= 4 is 28.3 Å². The van der Waals surface area contributed by atoms with E-state index in [-0.39, 0.29) is 24.2 Å². The van der Waals surface area contributed by atoms with Crippen molar-refractivity contribution in [3.05, 3.63) is 34.8 Å². The number of carbonyl (C=O) groups is 2. The number of hydrogen-bond donors (Lipinski definition) is 1. The van der Waals surface area contributed by atoms with E-state index in [1.807, 2.05) is 24.3 Å². The Kier molecular flexibility index (Phi) is 6.39. The SMILES string of the molecule is CCCCN1C[C@H](C(=O)Nc2nnc(Cc3ccc(OC)cc3)s2)CC1=O. The zero-order chi connectivity index (χ0) is 19.2. The van der Waals surface area contributed by atoms with Gasteiger partial charge in [0.1, 0.15) is 10.8 Å². The molecule has 2 amide bonds. The molecule has 2 heterocycles. The number of nitrogens with one attached hydrogen (secondary N) is 1. The number of amides is 2. The van der Waals surface area contributed by atoms with Crippen molar-refractivity contribution in [1.29, 1.82) is 0 Å². The lowest BCUT2D eigenvalue weighted by Gasteiger charge is -2.15. The van der Waals surface area contributed by atoms with Crippen LogP contribution in [-0.2, 0) is 16.0 Å². The predicted molar refractivity (Wildman–Crippen MR) is 104 cm³/mol. The molecule has 0 spiro atoms. The number of hydrogen-bond acceptors (Lipinski definition) is 6. The molecule has 8 heteroatoms. The van der Waals surface area contributed by atoms with Crippen LogP contribution in [0.5, 0.6) is 5.75 Å². The van der Waals surface area contributed by atoms with E-state index >= 15 is 0 Å². The Balaban J connectivity index is 1.54. The number of anilines is 1. The van der Waals surface area contributed by atoms with Crippen LogP contribution < -0.4 is 10.1 Å². The average molecular weight is 388 g/mol. The average Bonchev–Trinajstić information content (AvgIpc) is 3.27. The summed E-state index contributed by atoms with van der Waals surface area (Å²) in [6.07, 6.45) is 2.91. The molecule has 0 saturated carbocycles. The first-order chi connectivity index (χ1) is 13.1. The van der Waals surface area contributed by atoms with Gasteiger partial charge in [-0.25, -0.2) is 0 Å². The smallest absolute Gasteiger partial charge is 0.231 e. The summed E-state index contributed by atoms with van der Waals surface area (Å²) >= 11 is 1.36. The highest BCUT2D eigenvalue weighted by molar-refractivity contribution is 7.15. The van der Waals surface area contributed by atoms with Crippen molar-refractivity contribution in [1.82, 2.24) is 15.1 Å². The number of nitrogens with zero attached hydrogens (tertiary/aromatic N) is 3. The molecule has 1 fully saturated rings. The first kappa shape index (κ1) is 19.3. The Hall–Kier alpha value is -2.48. The lowest BCUT2D eigenvalue weighted by Crippen LogP contribution is -2.29. The van der Waals surface area contributed by atoms with Gasteiger partial charge in [-0.2, -0.15) is 0 Å². The van der Waals surface area contributed by atoms with Crippen molar-refractivity contribution in [2.24, 2.45) is 5.92 Å². The van der Waals surface area contributed by atoms with Gasteiger partial charge >= 0.3 is 0 Å². The summed E-state index contributed by atoms with van der Waals surface area (Å²) in [6, 6.07) is 7.77. The van der Waals surface area contributed by atoms with Gasteiger partial charge in [0, 0.05) is 25.9 Å². The summed E-state index contributed by atoms with van der Waals surface area (Å²) in [4.78, 5) is 26.2. The zero-order valence-corrected chi connectivity index (χ0v) is 16.4. The number of likely N-dealkylation sites (tertiary alicyclic amines) is 1. The number of rotatable bonds is 8. The van der Waals surface area contributed by atoms with Gasteiger partial charge in [-0.1, -0.05) is 36.8 Å². The first-order valence-electron chi connectivity index (χ1n) is 9.13. The normalized spacial score (nSPS) is 16.6. The molecule has 2 aromatic rings. The molecule has 1 N–H and O–H groups in total. The number of benzene rings is 1. The van der Waals surface area contributed by atoms with Crippen LogP contribution in [0.3, 0.4) is 0 Å². The number of unbranched alkanes of at least 4 members (excludes halogenated alkanes) is 1. The minimum atomic E-state index is -0.316. The van der Waals surface area contributed by atoms with E-state index in [4.69, 9.17) is 4.74 Å². The van der Waals surface area contributed by atoms with Gasteiger partial charge < -0.3 is 15.0 Å². The summed E-state index contributed by atoms with van der Waals surface area (Å²) in [5.41, 5.74) is 1.10. The summed E-state index contributed by atoms with van der Waals surface area (Å²) < 4.78 is 5.15. The summed E-state index contributed by atoms with van der Waals surface area (Å²) in [5, 5.41) is 12.3. The van der Waals surface area contributed by atoms with E-state index in [9.17, 15) is 9.59 Å². The summed E-state index contributed by atoms with van der Waals surface area (Å²) in [6.45, 7) is 3.30. The number of methoxy groups -OCH3 is 1. The molecular weight excluding hydrogens is 364 g/mol. The Morgan fingerprint density at radius 1 is 1.33 bits per heavy atom. The van der Waals surface area contributed by atoms with Crippen LogP contribution >= 0.6 is 11.3 Å². The van der Waals surface area contributed by atoms with Gasteiger partial charge in [-0.05, 0) is 24.1 Å². The Morgan fingerprint density at radius 3 is 2.81 bits per heavy atom. The van der Waals surface area contributed by atoms with Crippen molar-refractivity contribution in [2.75, 3.05) is 25.5 Å². The minimum Gasteiger partial charge on any atom is -0.497 e. The quantitative estimate of drug-likeness (QED) is 0.752. The molecule has 1 aromatic carbocycles. The molecule has 27 heavy (non-hydrogen) atoms. The Bertz CT molecular complexity index is 791. The van der Waals surface area contributed by atoms with Crippen molar-refractivity contribution < 1.29 is 14.3 Å². The highest BCUT2D eigenvalue weighted by Crippen LogP contribution is 2.23. The largest absolute Gasteiger partial charge is 0.497 e. The zero-order valence-electron chi connectivity index (χ0n) is 15.6. The van der Waals surface area contributed by atoms with Gasteiger partial charge in [0.15, 0.2) is 0 Å². The number of ether oxygens (including phenoxy) is 1. The third-order valence-corrected chi connectivity index (χ3v) is 5.42. The third-order valence-electron chi connectivity index (χ3n) is 4.58. The van der Waals surface area contributed by atoms with Gasteiger partial charge in [0.05, 0.1) is 13.0 Å². The van der Waals surface area contributed by atoms with Crippen LogP contribution in [0.4, 0.5) is 5.13 Å². The van der Waals surface area contributed by atoms with E-state index in [1.165, 1.54) is 11.3 Å². The predicted octanol–water partition coefficient (Wildman–Crippen LogP) is 2.72. The van der Waals surface area contributed by atoms with Crippen molar-refractivity contribution in [2.45, 2.75) is 32.6 Å².